The summed E-state index contributed by atoms with van der Waals surface area (Å²) in [4.78, 5) is 19.5. The molecule has 1 amide bonds. The highest BCUT2D eigenvalue weighted by Crippen LogP contribution is 2.05. The third-order valence-corrected chi connectivity index (χ3v) is 2.02. The molecule has 2 aromatic rings. The van der Waals surface area contributed by atoms with Crippen molar-refractivity contribution in [2.75, 3.05) is 5.32 Å². The average molecular weight is 213 g/mol. The molecule has 0 saturated heterocycles. The summed E-state index contributed by atoms with van der Waals surface area (Å²) < 4.78 is 0. The Hall–Kier alpha value is -2.23. The first kappa shape index (κ1) is 10.3. The first-order valence-corrected chi connectivity index (χ1v) is 4.94. The lowest BCUT2D eigenvalue weighted by Crippen LogP contribution is -2.15. The zero-order valence-corrected chi connectivity index (χ0v) is 8.63. The normalized spacial score (nSPS) is 9.75. The number of nitrogens with zero attached hydrogens (tertiary/aromatic N) is 2. The van der Waals surface area contributed by atoms with Gasteiger partial charge in [-0.15, -0.1) is 0 Å². The first-order chi connectivity index (χ1) is 7.84. The quantitative estimate of drug-likeness (QED) is 0.843. The molecule has 4 nitrogen and oxygen atoms in total. The Bertz CT molecular complexity index is 413. The van der Waals surface area contributed by atoms with Crippen LogP contribution in [0.3, 0.4) is 0 Å². The number of benzene rings is 1. The van der Waals surface area contributed by atoms with Crippen LogP contribution in [0.5, 0.6) is 0 Å². The minimum absolute atomic E-state index is 0.0910. The standard InChI is InChI=1S/C12H11N3O/c16-12(8-11-9-13-6-7-14-11)15-10-4-2-1-3-5-10/h1-7,9H,8H2,(H,15,16). The highest BCUT2D eigenvalue weighted by atomic mass is 16.1. The number of rotatable bonds is 3. The number of para-hydroxylation sites is 1. The maximum Gasteiger partial charge on any atom is 0.230 e. The van der Waals surface area contributed by atoms with E-state index in [2.05, 4.69) is 15.3 Å². The van der Waals surface area contributed by atoms with Gasteiger partial charge < -0.3 is 5.32 Å². The number of anilines is 1. The molecule has 1 aromatic heterocycles. The van der Waals surface area contributed by atoms with Gasteiger partial charge in [0.05, 0.1) is 12.1 Å². The molecule has 1 N–H and O–H groups in total. The zero-order chi connectivity index (χ0) is 11.2. The number of aromatic nitrogens is 2. The second kappa shape index (κ2) is 5.02. The average Bonchev–Trinajstić information content (AvgIpc) is 2.31. The highest BCUT2D eigenvalue weighted by Gasteiger charge is 2.04. The summed E-state index contributed by atoms with van der Waals surface area (Å²) in [6.07, 6.45) is 4.98. The van der Waals surface area contributed by atoms with Gasteiger partial charge in [-0.3, -0.25) is 14.8 Å². The van der Waals surface area contributed by atoms with E-state index >= 15 is 0 Å². The molecule has 0 fully saturated rings. The molecule has 0 aliphatic heterocycles. The topological polar surface area (TPSA) is 54.9 Å². The van der Waals surface area contributed by atoms with E-state index in [9.17, 15) is 4.79 Å². The second-order valence-corrected chi connectivity index (χ2v) is 3.29. The van der Waals surface area contributed by atoms with Crippen LogP contribution in [0.4, 0.5) is 5.69 Å². The van der Waals surface area contributed by atoms with E-state index in [0.29, 0.717) is 5.69 Å². The fourth-order valence-electron chi connectivity index (χ4n) is 1.31. The van der Waals surface area contributed by atoms with Crippen molar-refractivity contribution >= 4 is 11.6 Å². The lowest BCUT2D eigenvalue weighted by molar-refractivity contribution is -0.115. The summed E-state index contributed by atoms with van der Waals surface area (Å²) in [5, 5.41) is 2.78. The van der Waals surface area contributed by atoms with Crippen molar-refractivity contribution in [3.8, 4) is 0 Å². The van der Waals surface area contributed by atoms with E-state index in [1.165, 1.54) is 0 Å². The molecule has 2 rings (SSSR count). The summed E-state index contributed by atoms with van der Waals surface area (Å²) in [5.41, 5.74) is 1.45. The number of amides is 1. The van der Waals surface area contributed by atoms with E-state index in [0.717, 1.165) is 5.69 Å². The van der Waals surface area contributed by atoms with Crippen molar-refractivity contribution in [3.05, 3.63) is 54.6 Å². The molecule has 0 unspecified atom stereocenters. The van der Waals surface area contributed by atoms with Crippen LogP contribution < -0.4 is 5.32 Å². The summed E-state index contributed by atoms with van der Waals surface area (Å²) >= 11 is 0. The van der Waals surface area contributed by atoms with Crippen LogP contribution in [0, 0.1) is 0 Å². The van der Waals surface area contributed by atoms with E-state index < -0.39 is 0 Å². The predicted octanol–water partition coefficient (Wildman–Crippen LogP) is 1.66. The molecule has 16 heavy (non-hydrogen) atoms. The number of nitrogens with one attached hydrogen (secondary N) is 1. The lowest BCUT2D eigenvalue weighted by atomic mass is 10.3. The van der Waals surface area contributed by atoms with Gasteiger partial charge >= 0.3 is 0 Å². The minimum atomic E-state index is -0.0910. The molecule has 1 aromatic carbocycles. The van der Waals surface area contributed by atoms with Crippen molar-refractivity contribution in [1.82, 2.24) is 9.97 Å². The maximum atomic E-state index is 11.6. The smallest absolute Gasteiger partial charge is 0.230 e. The molecule has 0 saturated carbocycles. The predicted molar refractivity (Wildman–Crippen MR) is 60.8 cm³/mol. The Morgan fingerprint density at radius 1 is 1.19 bits per heavy atom. The van der Waals surface area contributed by atoms with Gasteiger partial charge in [-0.25, -0.2) is 0 Å². The zero-order valence-electron chi connectivity index (χ0n) is 8.63. The van der Waals surface area contributed by atoms with Crippen LogP contribution in [0.15, 0.2) is 48.9 Å². The molecule has 80 valence electrons. The SMILES string of the molecule is O=C(Cc1cnccn1)Nc1ccccc1. The summed E-state index contributed by atoms with van der Waals surface area (Å²) in [7, 11) is 0. The summed E-state index contributed by atoms with van der Waals surface area (Å²) in [5.74, 6) is -0.0910. The van der Waals surface area contributed by atoms with Gasteiger partial charge in [-0.2, -0.15) is 0 Å². The molecular formula is C12H11N3O. The maximum absolute atomic E-state index is 11.6. The van der Waals surface area contributed by atoms with Gasteiger partial charge in [0.2, 0.25) is 5.91 Å². The Morgan fingerprint density at radius 3 is 2.69 bits per heavy atom. The Kier molecular flexibility index (Phi) is 3.23. The van der Waals surface area contributed by atoms with Crippen molar-refractivity contribution in [2.45, 2.75) is 6.42 Å². The third kappa shape index (κ3) is 2.88. The molecule has 0 spiro atoms. The largest absolute Gasteiger partial charge is 0.326 e. The van der Waals surface area contributed by atoms with Gasteiger partial charge in [0, 0.05) is 24.3 Å². The third-order valence-electron chi connectivity index (χ3n) is 2.02. The number of carbonyl (C=O) groups is 1. The molecule has 0 bridgehead atoms. The number of hydrogen-bond acceptors (Lipinski definition) is 3. The van der Waals surface area contributed by atoms with E-state index in [4.69, 9.17) is 0 Å². The van der Waals surface area contributed by atoms with E-state index in [1.54, 1.807) is 18.6 Å². The van der Waals surface area contributed by atoms with Gasteiger partial charge in [-0.1, -0.05) is 18.2 Å². The van der Waals surface area contributed by atoms with Crippen LogP contribution >= 0.6 is 0 Å². The number of hydrogen-bond donors (Lipinski definition) is 1. The van der Waals surface area contributed by atoms with Crippen LogP contribution in [0.1, 0.15) is 5.69 Å². The highest BCUT2D eigenvalue weighted by molar-refractivity contribution is 5.91. The first-order valence-electron chi connectivity index (χ1n) is 4.94. The summed E-state index contributed by atoms with van der Waals surface area (Å²) in [6, 6.07) is 9.33. The van der Waals surface area contributed by atoms with Crippen LogP contribution in [0.25, 0.3) is 0 Å². The monoisotopic (exact) mass is 213 g/mol. The summed E-state index contributed by atoms with van der Waals surface area (Å²) in [6.45, 7) is 0. The molecule has 1 heterocycles. The fourth-order valence-corrected chi connectivity index (χ4v) is 1.31. The Balaban J connectivity index is 1.95. The van der Waals surface area contributed by atoms with E-state index in [1.807, 2.05) is 30.3 Å². The fraction of sp³-hybridized carbons (Fsp3) is 0.0833. The lowest BCUT2D eigenvalue weighted by Gasteiger charge is -2.03. The minimum Gasteiger partial charge on any atom is -0.326 e. The van der Waals surface area contributed by atoms with Crippen LogP contribution in [0.2, 0.25) is 0 Å². The molecule has 0 atom stereocenters. The molecule has 0 aliphatic carbocycles. The van der Waals surface area contributed by atoms with Gasteiger partial charge in [0.1, 0.15) is 0 Å². The molecule has 4 heteroatoms. The van der Waals surface area contributed by atoms with Crippen molar-refractivity contribution in [2.24, 2.45) is 0 Å². The number of carbonyl (C=O) groups excluding carboxylic acids is 1. The van der Waals surface area contributed by atoms with Crippen LogP contribution in [-0.4, -0.2) is 15.9 Å². The molecule has 0 aliphatic rings. The molecule has 0 radical (unpaired) electrons. The van der Waals surface area contributed by atoms with Crippen LogP contribution in [-0.2, 0) is 11.2 Å². The van der Waals surface area contributed by atoms with Crippen molar-refractivity contribution in [3.63, 3.8) is 0 Å². The van der Waals surface area contributed by atoms with E-state index in [-0.39, 0.29) is 12.3 Å². The van der Waals surface area contributed by atoms with Crippen molar-refractivity contribution in [1.29, 1.82) is 0 Å². The Morgan fingerprint density at radius 2 is 2.00 bits per heavy atom. The van der Waals surface area contributed by atoms with Gasteiger partial charge in [0.25, 0.3) is 0 Å². The van der Waals surface area contributed by atoms with Crippen molar-refractivity contribution < 1.29 is 4.79 Å². The Labute approximate surface area is 93.4 Å². The van der Waals surface area contributed by atoms with Gasteiger partial charge in [0.15, 0.2) is 0 Å². The molecular weight excluding hydrogens is 202 g/mol. The van der Waals surface area contributed by atoms with Gasteiger partial charge in [-0.05, 0) is 12.1 Å². The second-order valence-electron chi connectivity index (χ2n) is 3.29.